The first-order valence-corrected chi connectivity index (χ1v) is 5.53. The van der Waals surface area contributed by atoms with Crippen LogP contribution in [0, 0.1) is 0 Å². The monoisotopic (exact) mass is 268 g/mol. The largest absolute Gasteiger partial charge is 0.394 e. The van der Waals surface area contributed by atoms with Gasteiger partial charge in [-0.05, 0) is 33.6 Å². The van der Waals surface area contributed by atoms with Gasteiger partial charge in [-0.2, -0.15) is 0 Å². The lowest BCUT2D eigenvalue weighted by Gasteiger charge is -2.08. The van der Waals surface area contributed by atoms with Crippen LogP contribution in [0.15, 0.2) is 28.9 Å². The molecule has 2 rings (SSSR count). The zero-order valence-corrected chi connectivity index (χ0v) is 10.0. The van der Waals surface area contributed by atoms with Crippen molar-refractivity contribution < 1.29 is 5.11 Å². The van der Waals surface area contributed by atoms with Crippen LogP contribution >= 0.6 is 15.9 Å². The van der Waals surface area contributed by atoms with Crippen molar-refractivity contribution in [3.63, 3.8) is 0 Å². The van der Waals surface area contributed by atoms with Crippen molar-refractivity contribution in [3.8, 4) is 0 Å². The van der Waals surface area contributed by atoms with E-state index in [0.29, 0.717) is 0 Å². The van der Waals surface area contributed by atoms with Crippen molar-refractivity contribution in [2.75, 3.05) is 6.61 Å². The molecule has 4 heteroatoms. The topological polar surface area (TPSA) is 51.2 Å². The van der Waals surface area contributed by atoms with Crippen molar-refractivity contribution in [3.05, 3.63) is 34.4 Å². The van der Waals surface area contributed by atoms with E-state index >= 15 is 0 Å². The van der Waals surface area contributed by atoms with E-state index in [0.717, 1.165) is 20.9 Å². The number of fused-ring (bicyclic) bond motifs is 1. The highest BCUT2D eigenvalue weighted by molar-refractivity contribution is 9.10. The van der Waals surface area contributed by atoms with Gasteiger partial charge < -0.3 is 15.4 Å². The summed E-state index contributed by atoms with van der Waals surface area (Å²) in [6.45, 7) is -0.0318. The molecule has 0 saturated heterocycles. The number of nitrogens with zero attached hydrogens (tertiary/aromatic N) is 1. The molecule has 0 aliphatic rings. The smallest absolute Gasteiger partial charge is 0.0624 e. The molecule has 1 heterocycles. The van der Waals surface area contributed by atoms with Crippen LogP contribution in [0.1, 0.15) is 11.6 Å². The van der Waals surface area contributed by atoms with Gasteiger partial charge in [0.25, 0.3) is 0 Å². The molecule has 1 aromatic carbocycles. The molecular weight excluding hydrogens is 256 g/mol. The second-order valence-electron chi connectivity index (χ2n) is 3.65. The molecule has 0 aliphatic carbocycles. The Hall–Kier alpha value is -0.840. The summed E-state index contributed by atoms with van der Waals surface area (Å²) >= 11 is 3.50. The Labute approximate surface area is 96.6 Å². The Kier molecular flexibility index (Phi) is 2.82. The molecule has 15 heavy (non-hydrogen) atoms. The van der Waals surface area contributed by atoms with Crippen LogP contribution in [0.3, 0.4) is 0 Å². The van der Waals surface area contributed by atoms with Crippen molar-refractivity contribution in [2.24, 2.45) is 12.8 Å². The normalized spacial score (nSPS) is 13.3. The summed E-state index contributed by atoms with van der Waals surface area (Å²) in [7, 11) is 2.00. The van der Waals surface area contributed by atoms with Crippen LogP contribution in [-0.2, 0) is 7.05 Å². The maximum Gasteiger partial charge on any atom is 0.0624 e. The predicted octanol–water partition coefficient (Wildman–Crippen LogP) is 1.93. The van der Waals surface area contributed by atoms with E-state index in [1.54, 1.807) is 0 Å². The molecular formula is C11H13BrN2O. The maximum absolute atomic E-state index is 8.99. The Bertz CT molecular complexity index is 493. The molecule has 3 nitrogen and oxygen atoms in total. The van der Waals surface area contributed by atoms with Gasteiger partial charge in [0.2, 0.25) is 0 Å². The van der Waals surface area contributed by atoms with Gasteiger partial charge in [0.1, 0.15) is 0 Å². The van der Waals surface area contributed by atoms with Crippen LogP contribution in [-0.4, -0.2) is 16.3 Å². The molecule has 0 fully saturated rings. The van der Waals surface area contributed by atoms with Gasteiger partial charge >= 0.3 is 0 Å². The number of halogens is 1. The number of hydrogen-bond donors (Lipinski definition) is 2. The van der Waals surface area contributed by atoms with Gasteiger partial charge in [0.05, 0.1) is 12.6 Å². The van der Waals surface area contributed by atoms with Crippen LogP contribution in [0.25, 0.3) is 10.9 Å². The SMILES string of the molecule is Cn1cc(Br)c2cc(C(N)CO)ccc21. The number of hydrogen-bond acceptors (Lipinski definition) is 2. The lowest BCUT2D eigenvalue weighted by Crippen LogP contribution is -2.14. The lowest BCUT2D eigenvalue weighted by atomic mass is 10.1. The Morgan fingerprint density at radius 3 is 2.93 bits per heavy atom. The second-order valence-corrected chi connectivity index (χ2v) is 4.51. The fourth-order valence-electron chi connectivity index (χ4n) is 1.70. The highest BCUT2D eigenvalue weighted by Gasteiger charge is 2.08. The van der Waals surface area contributed by atoms with E-state index in [9.17, 15) is 0 Å². The first-order valence-electron chi connectivity index (χ1n) is 4.74. The zero-order valence-electron chi connectivity index (χ0n) is 8.44. The molecule has 2 aromatic rings. The lowest BCUT2D eigenvalue weighted by molar-refractivity contribution is 0.268. The Morgan fingerprint density at radius 2 is 2.27 bits per heavy atom. The Morgan fingerprint density at radius 1 is 1.53 bits per heavy atom. The van der Waals surface area contributed by atoms with Crippen LogP contribution in [0.5, 0.6) is 0 Å². The fraction of sp³-hybridized carbons (Fsp3) is 0.273. The molecule has 80 valence electrons. The van der Waals surface area contributed by atoms with Crippen molar-refractivity contribution in [2.45, 2.75) is 6.04 Å². The van der Waals surface area contributed by atoms with Crippen molar-refractivity contribution >= 4 is 26.8 Å². The van der Waals surface area contributed by atoms with E-state index in [1.165, 1.54) is 0 Å². The number of benzene rings is 1. The van der Waals surface area contributed by atoms with E-state index in [-0.39, 0.29) is 12.6 Å². The fourth-order valence-corrected chi connectivity index (χ4v) is 2.32. The van der Waals surface area contributed by atoms with E-state index in [4.69, 9.17) is 10.8 Å². The molecule has 1 atom stereocenters. The van der Waals surface area contributed by atoms with E-state index in [2.05, 4.69) is 15.9 Å². The van der Waals surface area contributed by atoms with Crippen LogP contribution in [0.4, 0.5) is 0 Å². The molecule has 0 bridgehead atoms. The van der Waals surface area contributed by atoms with Crippen LogP contribution in [0.2, 0.25) is 0 Å². The van der Waals surface area contributed by atoms with Crippen LogP contribution < -0.4 is 5.73 Å². The summed E-state index contributed by atoms with van der Waals surface area (Å²) in [5.41, 5.74) is 7.87. The van der Waals surface area contributed by atoms with Gasteiger partial charge in [-0.25, -0.2) is 0 Å². The molecule has 0 amide bonds. The minimum Gasteiger partial charge on any atom is -0.394 e. The molecule has 1 aromatic heterocycles. The van der Waals surface area contributed by atoms with Gasteiger partial charge in [-0.15, -0.1) is 0 Å². The van der Waals surface area contributed by atoms with Crippen molar-refractivity contribution in [1.82, 2.24) is 4.57 Å². The number of aliphatic hydroxyl groups is 1. The van der Waals surface area contributed by atoms with Gasteiger partial charge in [-0.1, -0.05) is 6.07 Å². The highest BCUT2D eigenvalue weighted by atomic mass is 79.9. The predicted molar refractivity (Wildman–Crippen MR) is 64.6 cm³/mol. The van der Waals surface area contributed by atoms with E-state index < -0.39 is 0 Å². The van der Waals surface area contributed by atoms with E-state index in [1.807, 2.05) is 36.0 Å². The summed E-state index contributed by atoms with van der Waals surface area (Å²) in [6, 6.07) is 5.68. The third-order valence-electron chi connectivity index (χ3n) is 2.59. The molecule has 1 unspecified atom stereocenters. The molecule has 0 aliphatic heterocycles. The summed E-state index contributed by atoms with van der Waals surface area (Å²) in [6.07, 6.45) is 2.01. The number of aromatic nitrogens is 1. The highest BCUT2D eigenvalue weighted by Crippen LogP contribution is 2.27. The van der Waals surface area contributed by atoms with Crippen molar-refractivity contribution in [1.29, 1.82) is 0 Å². The maximum atomic E-state index is 8.99. The average Bonchev–Trinajstić information content (AvgIpc) is 2.53. The number of nitrogens with two attached hydrogens (primary N) is 1. The Balaban J connectivity index is 2.60. The first kappa shape index (κ1) is 10.7. The summed E-state index contributed by atoms with van der Waals surface area (Å²) in [5.74, 6) is 0. The minimum atomic E-state index is -0.304. The summed E-state index contributed by atoms with van der Waals surface area (Å²) in [4.78, 5) is 0. The third kappa shape index (κ3) is 1.80. The standard InChI is InChI=1S/C11H13BrN2O/c1-14-5-9(12)8-4-7(10(13)6-15)2-3-11(8)14/h2-5,10,15H,6,13H2,1H3. The molecule has 0 saturated carbocycles. The zero-order chi connectivity index (χ0) is 11.0. The summed E-state index contributed by atoms with van der Waals surface area (Å²) in [5, 5.41) is 10.1. The first-order chi connectivity index (χ1) is 7.13. The molecule has 0 radical (unpaired) electrons. The molecule has 3 N–H and O–H groups in total. The van der Waals surface area contributed by atoms with Gasteiger partial charge in [0.15, 0.2) is 0 Å². The average molecular weight is 269 g/mol. The minimum absolute atomic E-state index is 0.0318. The quantitative estimate of drug-likeness (QED) is 0.875. The molecule has 0 spiro atoms. The summed E-state index contributed by atoms with van der Waals surface area (Å²) < 4.78 is 3.10. The second kappa shape index (κ2) is 3.96. The van der Waals surface area contributed by atoms with Gasteiger partial charge in [0, 0.05) is 28.6 Å². The number of aryl methyl sites for hydroxylation is 1. The van der Waals surface area contributed by atoms with Gasteiger partial charge in [-0.3, -0.25) is 0 Å². The third-order valence-corrected chi connectivity index (χ3v) is 3.22. The number of rotatable bonds is 2. The number of aliphatic hydroxyl groups excluding tert-OH is 1.